The first-order valence-electron chi connectivity index (χ1n) is 9.89. The van der Waals surface area contributed by atoms with Crippen LogP contribution in [0.2, 0.25) is 0 Å². The Hall–Kier alpha value is -2.96. The third-order valence-corrected chi connectivity index (χ3v) is 6.26. The van der Waals surface area contributed by atoms with Crippen LogP contribution in [0, 0.1) is 12.8 Å². The normalized spacial score (nSPS) is 13.4. The third-order valence-electron chi connectivity index (χ3n) is 4.38. The number of halogens is 8. The molecule has 37 heavy (non-hydrogen) atoms. The van der Waals surface area contributed by atoms with Crippen molar-refractivity contribution in [2.45, 2.75) is 51.4 Å². The molecule has 0 unspecified atom stereocenters. The van der Waals surface area contributed by atoms with Gasteiger partial charge in [-0.3, -0.25) is 4.72 Å². The van der Waals surface area contributed by atoms with E-state index in [0.717, 1.165) is 6.07 Å². The van der Waals surface area contributed by atoms with Crippen LogP contribution in [-0.2, 0) is 21.2 Å². The van der Waals surface area contributed by atoms with Gasteiger partial charge in [-0.05, 0) is 48.9 Å². The number of ether oxygens (including phenoxy) is 1. The second-order valence-corrected chi connectivity index (χ2v) is 10.4. The topological polar surface area (TPSA) is 123 Å². The molecule has 1 heterocycles. The van der Waals surface area contributed by atoms with E-state index >= 15 is 0 Å². The quantitative estimate of drug-likeness (QED) is 0.206. The van der Waals surface area contributed by atoms with E-state index in [1.165, 1.54) is 17.7 Å². The van der Waals surface area contributed by atoms with E-state index in [4.69, 9.17) is 0 Å². The highest BCUT2D eigenvalue weighted by Gasteiger charge is 2.62. The standard InChI is InChI=1S/C18H17F8N5O4S2/c1-8(2)4-5-10-7-11(12(6-9(10)3)31-37(33,34)18(24,25)26)27-29-15-30-28-13(36-15)14(32)35-17(22,23)16(19,20)21/h6-8,31H,4-5H2,1-3H3. The number of hydrogen-bond acceptors (Lipinski definition) is 9. The Morgan fingerprint density at radius 1 is 1.08 bits per heavy atom. The molecule has 9 nitrogen and oxygen atoms in total. The summed E-state index contributed by atoms with van der Waals surface area (Å²) in [5.74, 6) is -1.93. The molecule has 2 rings (SSSR count). The number of esters is 1. The summed E-state index contributed by atoms with van der Waals surface area (Å²) in [6.07, 6.45) is -10.9. The minimum Gasteiger partial charge on any atom is -0.388 e. The Morgan fingerprint density at radius 3 is 2.24 bits per heavy atom. The molecule has 206 valence electrons. The second kappa shape index (κ2) is 10.8. The van der Waals surface area contributed by atoms with E-state index in [0.29, 0.717) is 24.0 Å². The molecule has 2 aromatic rings. The molecule has 0 aliphatic rings. The lowest BCUT2D eigenvalue weighted by atomic mass is 9.98. The van der Waals surface area contributed by atoms with Gasteiger partial charge in [-0.25, -0.2) is 4.79 Å². The Labute approximate surface area is 208 Å². The van der Waals surface area contributed by atoms with Gasteiger partial charge in [-0.1, -0.05) is 25.2 Å². The maximum atomic E-state index is 12.9. The SMILES string of the molecule is Cc1cc(NS(=O)(=O)C(F)(F)F)c(N=Nc2nnc(C(=O)OC(F)(F)C(F)(F)F)s2)cc1CCC(C)C. The monoisotopic (exact) mass is 583 g/mol. The molecule has 1 aromatic heterocycles. The molecule has 1 N–H and O–H groups in total. The van der Waals surface area contributed by atoms with Crippen LogP contribution in [0.25, 0.3) is 0 Å². The van der Waals surface area contributed by atoms with Gasteiger partial charge in [-0.2, -0.15) is 43.5 Å². The summed E-state index contributed by atoms with van der Waals surface area (Å²) >= 11 is 0.0798. The average Bonchev–Trinajstić information content (AvgIpc) is 3.19. The van der Waals surface area contributed by atoms with Gasteiger partial charge in [0.2, 0.25) is 5.01 Å². The molecule has 0 spiro atoms. The van der Waals surface area contributed by atoms with Crippen LogP contribution in [0.15, 0.2) is 22.4 Å². The van der Waals surface area contributed by atoms with Crippen molar-refractivity contribution in [1.29, 1.82) is 0 Å². The van der Waals surface area contributed by atoms with Gasteiger partial charge in [0, 0.05) is 0 Å². The first-order chi connectivity index (χ1) is 16.7. The van der Waals surface area contributed by atoms with E-state index in [1.807, 2.05) is 13.8 Å². The van der Waals surface area contributed by atoms with Crippen molar-refractivity contribution >= 4 is 43.8 Å². The summed E-state index contributed by atoms with van der Waals surface area (Å²) in [6.45, 7) is 5.37. The molecule has 0 atom stereocenters. The molecule has 0 fully saturated rings. The van der Waals surface area contributed by atoms with Crippen LogP contribution in [-0.4, -0.2) is 42.4 Å². The fourth-order valence-electron chi connectivity index (χ4n) is 2.47. The number of carbonyl (C=O) groups is 1. The van der Waals surface area contributed by atoms with Gasteiger partial charge in [0.1, 0.15) is 5.69 Å². The van der Waals surface area contributed by atoms with Crippen LogP contribution >= 0.6 is 11.3 Å². The molecule has 0 radical (unpaired) electrons. The number of rotatable bonds is 9. The van der Waals surface area contributed by atoms with Crippen molar-refractivity contribution in [2.24, 2.45) is 16.1 Å². The predicted octanol–water partition coefficient (Wildman–Crippen LogP) is 6.42. The van der Waals surface area contributed by atoms with Crippen LogP contribution in [0.5, 0.6) is 0 Å². The number of nitrogens with zero attached hydrogens (tertiary/aromatic N) is 4. The number of nitrogens with one attached hydrogen (secondary N) is 1. The summed E-state index contributed by atoms with van der Waals surface area (Å²) in [7, 11) is -5.85. The summed E-state index contributed by atoms with van der Waals surface area (Å²) in [6, 6.07) is 2.35. The Bertz CT molecular complexity index is 1270. The zero-order valence-corrected chi connectivity index (χ0v) is 20.5. The fraction of sp³-hybridized carbons (Fsp3) is 0.500. The van der Waals surface area contributed by atoms with E-state index < -0.39 is 55.3 Å². The maximum absolute atomic E-state index is 12.9. The summed E-state index contributed by atoms with van der Waals surface area (Å²) in [5, 5.41) is 11.8. The van der Waals surface area contributed by atoms with Crippen molar-refractivity contribution in [1.82, 2.24) is 10.2 Å². The lowest BCUT2D eigenvalue weighted by molar-refractivity contribution is -0.370. The van der Waals surface area contributed by atoms with E-state index in [9.17, 15) is 48.3 Å². The molecule has 1 aromatic carbocycles. The van der Waals surface area contributed by atoms with Crippen molar-refractivity contribution in [2.75, 3.05) is 4.72 Å². The highest BCUT2D eigenvalue weighted by atomic mass is 32.2. The number of aryl methyl sites for hydroxylation is 2. The van der Waals surface area contributed by atoms with Crippen molar-refractivity contribution in [3.05, 3.63) is 28.3 Å². The number of azo groups is 1. The first-order valence-corrected chi connectivity index (χ1v) is 12.2. The number of carbonyl (C=O) groups excluding carboxylic acids is 1. The molecule has 0 aliphatic carbocycles. The number of alkyl halides is 8. The van der Waals surface area contributed by atoms with Crippen LogP contribution < -0.4 is 4.72 Å². The number of hydrogen-bond donors (Lipinski definition) is 1. The molecule has 0 aliphatic heterocycles. The minimum atomic E-state index is -6.19. The van der Waals surface area contributed by atoms with Crippen molar-refractivity contribution < 1.29 is 53.1 Å². The highest BCUT2D eigenvalue weighted by Crippen LogP contribution is 2.38. The smallest absolute Gasteiger partial charge is 0.388 e. The average molecular weight is 583 g/mol. The number of anilines is 1. The first kappa shape index (κ1) is 30.3. The largest absolute Gasteiger partial charge is 0.516 e. The van der Waals surface area contributed by atoms with E-state index in [1.54, 1.807) is 0 Å². The molecular formula is C18H17F8N5O4S2. The molecule has 0 bridgehead atoms. The summed E-state index contributed by atoms with van der Waals surface area (Å²) in [4.78, 5) is 11.6. The predicted molar refractivity (Wildman–Crippen MR) is 113 cm³/mol. The zero-order valence-electron chi connectivity index (χ0n) is 18.9. The molecular weight excluding hydrogens is 566 g/mol. The van der Waals surface area contributed by atoms with Crippen LogP contribution in [0.4, 0.5) is 51.6 Å². The third kappa shape index (κ3) is 7.76. The lowest BCUT2D eigenvalue weighted by Gasteiger charge is -2.17. The molecule has 0 saturated carbocycles. The van der Waals surface area contributed by atoms with Gasteiger partial charge in [-0.15, -0.1) is 20.4 Å². The van der Waals surface area contributed by atoms with Gasteiger partial charge >= 0.3 is 33.8 Å². The van der Waals surface area contributed by atoms with E-state index in [2.05, 4.69) is 25.2 Å². The van der Waals surface area contributed by atoms with Crippen molar-refractivity contribution in [3.63, 3.8) is 0 Å². The van der Waals surface area contributed by atoms with Gasteiger partial charge in [0.15, 0.2) is 0 Å². The lowest BCUT2D eigenvalue weighted by Crippen LogP contribution is -2.40. The zero-order chi connectivity index (χ0) is 28.4. The van der Waals surface area contributed by atoms with Gasteiger partial charge in [0.05, 0.1) is 5.69 Å². The van der Waals surface area contributed by atoms with Crippen molar-refractivity contribution in [3.8, 4) is 0 Å². The van der Waals surface area contributed by atoms with Crippen LogP contribution in [0.3, 0.4) is 0 Å². The molecule has 0 amide bonds. The summed E-state index contributed by atoms with van der Waals surface area (Å²) in [5.41, 5.74) is -5.64. The second-order valence-electron chi connectivity index (χ2n) is 7.77. The Balaban J connectivity index is 2.40. The number of sulfonamides is 1. The maximum Gasteiger partial charge on any atom is 0.516 e. The minimum absolute atomic E-state index is 0.0798. The summed E-state index contributed by atoms with van der Waals surface area (Å²) < 4.78 is 129. The Kier molecular flexibility index (Phi) is 8.83. The highest BCUT2D eigenvalue weighted by molar-refractivity contribution is 7.93. The number of aromatic nitrogens is 2. The number of benzene rings is 1. The van der Waals surface area contributed by atoms with E-state index in [-0.39, 0.29) is 17.3 Å². The molecule has 19 heteroatoms. The van der Waals surface area contributed by atoms with Gasteiger partial charge in [0.25, 0.3) is 5.13 Å². The van der Waals surface area contributed by atoms with Crippen LogP contribution in [0.1, 0.15) is 41.2 Å². The Morgan fingerprint density at radius 2 is 1.70 bits per heavy atom. The molecule has 0 saturated heterocycles. The fourth-order valence-corrected chi connectivity index (χ4v) is 3.58. The van der Waals surface area contributed by atoms with Gasteiger partial charge < -0.3 is 4.74 Å².